The van der Waals surface area contributed by atoms with Crippen molar-refractivity contribution in [2.75, 3.05) is 11.6 Å². The third-order valence-electron chi connectivity index (χ3n) is 4.09. The second-order valence-electron chi connectivity index (χ2n) is 5.46. The largest absolute Gasteiger partial charge is 0.480 e. The summed E-state index contributed by atoms with van der Waals surface area (Å²) in [6.45, 7) is 0. The predicted octanol–water partition coefficient (Wildman–Crippen LogP) is 1.78. The summed E-state index contributed by atoms with van der Waals surface area (Å²) >= 11 is 1.52. The van der Waals surface area contributed by atoms with Crippen LogP contribution in [0.15, 0.2) is 24.3 Å². The van der Waals surface area contributed by atoms with Crippen LogP contribution < -0.4 is 0 Å². The standard InChI is InChI=1S/C15H17NO3S/c17-14(16-9-20-8-13(16)15(18)19)7-10-5-11-3-1-2-4-12(11)6-10/h1-4,10,13H,5-9H2,(H,18,19)/t13-/m0/s1. The molecule has 1 heterocycles. The highest BCUT2D eigenvalue weighted by Gasteiger charge is 2.35. The number of rotatable bonds is 3. The fourth-order valence-corrected chi connectivity index (χ4v) is 4.22. The van der Waals surface area contributed by atoms with E-state index in [2.05, 4.69) is 12.1 Å². The normalized spacial score (nSPS) is 22.0. The molecule has 2 aliphatic rings. The quantitative estimate of drug-likeness (QED) is 0.922. The van der Waals surface area contributed by atoms with Gasteiger partial charge >= 0.3 is 5.97 Å². The molecule has 106 valence electrons. The summed E-state index contributed by atoms with van der Waals surface area (Å²) in [6.07, 6.45) is 2.32. The van der Waals surface area contributed by atoms with Crippen molar-refractivity contribution in [1.29, 1.82) is 0 Å². The van der Waals surface area contributed by atoms with Crippen LogP contribution in [0, 0.1) is 5.92 Å². The number of aliphatic carboxylic acids is 1. The summed E-state index contributed by atoms with van der Waals surface area (Å²) < 4.78 is 0. The summed E-state index contributed by atoms with van der Waals surface area (Å²) in [7, 11) is 0. The van der Waals surface area contributed by atoms with E-state index in [-0.39, 0.29) is 5.91 Å². The zero-order chi connectivity index (χ0) is 14.1. The van der Waals surface area contributed by atoms with Crippen LogP contribution in [0.2, 0.25) is 0 Å². The number of carbonyl (C=O) groups excluding carboxylic acids is 1. The Morgan fingerprint density at radius 2 is 1.90 bits per heavy atom. The van der Waals surface area contributed by atoms with Gasteiger partial charge in [-0.15, -0.1) is 11.8 Å². The average molecular weight is 291 g/mol. The lowest BCUT2D eigenvalue weighted by Gasteiger charge is -2.22. The van der Waals surface area contributed by atoms with Crippen LogP contribution in [0.25, 0.3) is 0 Å². The molecule has 1 fully saturated rings. The van der Waals surface area contributed by atoms with Crippen molar-refractivity contribution in [2.24, 2.45) is 5.92 Å². The topological polar surface area (TPSA) is 57.6 Å². The lowest BCUT2D eigenvalue weighted by atomic mass is 10.0. The van der Waals surface area contributed by atoms with E-state index in [0.717, 1.165) is 12.8 Å². The Hall–Kier alpha value is -1.49. The van der Waals surface area contributed by atoms with Crippen molar-refractivity contribution in [3.8, 4) is 0 Å². The molecule has 0 bridgehead atoms. The lowest BCUT2D eigenvalue weighted by molar-refractivity contribution is -0.148. The smallest absolute Gasteiger partial charge is 0.327 e. The second kappa shape index (κ2) is 5.48. The highest BCUT2D eigenvalue weighted by molar-refractivity contribution is 7.99. The van der Waals surface area contributed by atoms with Gasteiger partial charge in [0.05, 0.1) is 5.88 Å². The number of fused-ring (bicyclic) bond motifs is 1. The maximum Gasteiger partial charge on any atom is 0.327 e. The van der Waals surface area contributed by atoms with Gasteiger partial charge in [-0.05, 0) is 29.9 Å². The summed E-state index contributed by atoms with van der Waals surface area (Å²) in [5, 5.41) is 9.13. The molecule has 0 aromatic heterocycles. The monoisotopic (exact) mass is 291 g/mol. The van der Waals surface area contributed by atoms with E-state index >= 15 is 0 Å². The number of carboxylic acid groups (broad SMARTS) is 1. The van der Waals surface area contributed by atoms with Gasteiger partial charge in [0.2, 0.25) is 5.91 Å². The number of hydrogen-bond acceptors (Lipinski definition) is 3. The maximum absolute atomic E-state index is 12.3. The Bertz CT molecular complexity index is 521. The van der Waals surface area contributed by atoms with Gasteiger partial charge in [-0.3, -0.25) is 4.79 Å². The summed E-state index contributed by atoms with van der Waals surface area (Å²) in [5.41, 5.74) is 2.66. The Labute approximate surface area is 122 Å². The van der Waals surface area contributed by atoms with E-state index in [9.17, 15) is 9.59 Å². The SMILES string of the molecule is O=C(O)[C@@H]1CSCN1C(=O)CC1Cc2ccccc2C1. The zero-order valence-corrected chi connectivity index (χ0v) is 11.9. The van der Waals surface area contributed by atoms with Gasteiger partial charge in [-0.2, -0.15) is 0 Å². The number of nitrogens with zero attached hydrogens (tertiary/aromatic N) is 1. The number of carbonyl (C=O) groups is 2. The summed E-state index contributed by atoms with van der Waals surface area (Å²) in [4.78, 5) is 25.0. The van der Waals surface area contributed by atoms with E-state index in [0.29, 0.717) is 24.0 Å². The van der Waals surface area contributed by atoms with Gasteiger partial charge in [-0.25, -0.2) is 4.79 Å². The Kier molecular flexibility index (Phi) is 3.70. The van der Waals surface area contributed by atoms with Crippen LogP contribution in [0.1, 0.15) is 17.5 Å². The minimum atomic E-state index is -0.891. The van der Waals surface area contributed by atoms with Gasteiger partial charge in [0.15, 0.2) is 0 Å². The molecule has 0 radical (unpaired) electrons. The molecule has 0 saturated carbocycles. The molecule has 0 unspecified atom stereocenters. The predicted molar refractivity (Wildman–Crippen MR) is 77.6 cm³/mol. The number of carboxylic acids is 1. The fraction of sp³-hybridized carbons (Fsp3) is 0.467. The van der Waals surface area contributed by atoms with Gasteiger partial charge in [-0.1, -0.05) is 24.3 Å². The number of amides is 1. The van der Waals surface area contributed by atoms with Crippen molar-refractivity contribution in [3.05, 3.63) is 35.4 Å². The number of hydrogen-bond donors (Lipinski definition) is 1. The molecule has 5 heteroatoms. The second-order valence-corrected chi connectivity index (χ2v) is 6.46. The highest BCUT2D eigenvalue weighted by Crippen LogP contribution is 2.30. The Morgan fingerprint density at radius 1 is 1.25 bits per heavy atom. The summed E-state index contributed by atoms with van der Waals surface area (Å²) in [6, 6.07) is 7.65. The van der Waals surface area contributed by atoms with Crippen molar-refractivity contribution < 1.29 is 14.7 Å². The first-order valence-corrected chi connectivity index (χ1v) is 7.97. The van der Waals surface area contributed by atoms with E-state index < -0.39 is 12.0 Å². The molecule has 0 spiro atoms. The first kappa shape index (κ1) is 13.5. The molecule has 1 aromatic rings. The minimum absolute atomic E-state index is 0.0137. The van der Waals surface area contributed by atoms with Crippen LogP contribution >= 0.6 is 11.8 Å². The average Bonchev–Trinajstić information content (AvgIpc) is 3.04. The van der Waals surface area contributed by atoms with E-state index in [1.807, 2.05) is 12.1 Å². The molecule has 4 nitrogen and oxygen atoms in total. The van der Waals surface area contributed by atoms with Gasteiger partial charge in [0, 0.05) is 12.2 Å². The number of thioether (sulfide) groups is 1. The van der Waals surface area contributed by atoms with Crippen LogP contribution in [0.3, 0.4) is 0 Å². The van der Waals surface area contributed by atoms with Crippen LogP contribution in [0.5, 0.6) is 0 Å². The Morgan fingerprint density at radius 3 is 2.50 bits per heavy atom. The first-order valence-electron chi connectivity index (χ1n) is 6.82. The van der Waals surface area contributed by atoms with E-state index in [1.54, 1.807) is 0 Å². The van der Waals surface area contributed by atoms with E-state index in [1.165, 1.54) is 27.8 Å². The maximum atomic E-state index is 12.3. The van der Waals surface area contributed by atoms with Crippen LogP contribution in [-0.4, -0.2) is 39.6 Å². The van der Waals surface area contributed by atoms with Gasteiger partial charge in [0.1, 0.15) is 6.04 Å². The minimum Gasteiger partial charge on any atom is -0.480 e. The van der Waals surface area contributed by atoms with Crippen molar-refractivity contribution in [2.45, 2.75) is 25.3 Å². The zero-order valence-electron chi connectivity index (χ0n) is 11.1. The molecule has 1 aromatic carbocycles. The molecule has 1 atom stereocenters. The molecular weight excluding hydrogens is 274 g/mol. The molecule has 1 aliphatic carbocycles. The van der Waals surface area contributed by atoms with Crippen molar-refractivity contribution in [3.63, 3.8) is 0 Å². The molecule has 1 saturated heterocycles. The van der Waals surface area contributed by atoms with Gasteiger partial charge < -0.3 is 10.0 Å². The van der Waals surface area contributed by atoms with Crippen LogP contribution in [-0.2, 0) is 22.4 Å². The lowest BCUT2D eigenvalue weighted by Crippen LogP contribution is -2.42. The number of benzene rings is 1. The van der Waals surface area contributed by atoms with Crippen LogP contribution in [0.4, 0.5) is 0 Å². The van der Waals surface area contributed by atoms with Crippen molar-refractivity contribution >= 4 is 23.6 Å². The summed E-state index contributed by atoms with van der Waals surface area (Å²) in [5.74, 6) is 0.430. The fourth-order valence-electron chi connectivity index (χ4n) is 3.05. The third-order valence-corrected chi connectivity index (χ3v) is 5.10. The first-order chi connectivity index (χ1) is 9.65. The molecular formula is C15H17NO3S. The Balaban J connectivity index is 1.62. The highest BCUT2D eigenvalue weighted by atomic mass is 32.2. The van der Waals surface area contributed by atoms with Gasteiger partial charge in [0.25, 0.3) is 0 Å². The molecule has 1 amide bonds. The molecule has 1 N–H and O–H groups in total. The molecule has 3 rings (SSSR count). The van der Waals surface area contributed by atoms with E-state index in [4.69, 9.17) is 5.11 Å². The molecule has 1 aliphatic heterocycles. The third kappa shape index (κ3) is 2.54. The molecule has 20 heavy (non-hydrogen) atoms. The van der Waals surface area contributed by atoms with Crippen molar-refractivity contribution in [1.82, 2.24) is 4.90 Å².